The van der Waals surface area contributed by atoms with Gasteiger partial charge in [-0.25, -0.2) is 9.98 Å². The van der Waals surface area contributed by atoms with E-state index in [0.717, 1.165) is 74.0 Å². The number of nitrogens with zero attached hydrogens (tertiary/aromatic N) is 2. The van der Waals surface area contributed by atoms with Crippen LogP contribution in [-0.4, -0.2) is 11.5 Å². The highest BCUT2D eigenvalue weighted by atomic mass is 16.3. The lowest BCUT2D eigenvalue weighted by Gasteiger charge is -2.17. The summed E-state index contributed by atoms with van der Waals surface area (Å²) in [5.41, 5.74) is 15.1. The van der Waals surface area contributed by atoms with Crippen molar-refractivity contribution in [1.29, 1.82) is 0 Å². The van der Waals surface area contributed by atoms with Crippen LogP contribution in [0.5, 0.6) is 0 Å². The van der Waals surface area contributed by atoms with Crippen molar-refractivity contribution in [2.24, 2.45) is 9.98 Å². The van der Waals surface area contributed by atoms with Crippen LogP contribution in [0.1, 0.15) is 36.5 Å². The van der Waals surface area contributed by atoms with E-state index in [4.69, 9.17) is 14.4 Å². The van der Waals surface area contributed by atoms with Crippen LogP contribution in [0, 0.1) is 0 Å². The van der Waals surface area contributed by atoms with Crippen LogP contribution in [0.25, 0.3) is 82.6 Å². The van der Waals surface area contributed by atoms with Gasteiger partial charge in [0.1, 0.15) is 11.2 Å². The van der Waals surface area contributed by atoms with E-state index in [-0.39, 0.29) is 0 Å². The molecule has 0 N–H and O–H groups in total. The van der Waals surface area contributed by atoms with Gasteiger partial charge in [-0.2, -0.15) is 0 Å². The predicted molar refractivity (Wildman–Crippen MR) is 253 cm³/mol. The number of aliphatic imine (C=N–C) groups is 2. The number of furan rings is 1. The second kappa shape index (κ2) is 15.0. The fourth-order valence-corrected chi connectivity index (χ4v) is 8.73. The van der Waals surface area contributed by atoms with Gasteiger partial charge in [-0.3, -0.25) is 0 Å². The Morgan fingerprint density at radius 3 is 1.70 bits per heavy atom. The number of fused-ring (bicyclic) bond motifs is 5. The molecule has 3 heteroatoms. The summed E-state index contributed by atoms with van der Waals surface area (Å²) >= 11 is 0. The van der Waals surface area contributed by atoms with Crippen LogP contribution < -0.4 is 0 Å². The minimum atomic E-state index is 0.680. The molecule has 0 aliphatic carbocycles. The van der Waals surface area contributed by atoms with Crippen LogP contribution in [0.4, 0.5) is 0 Å². The first-order chi connectivity index (χ1) is 29.6. The molecule has 0 saturated heterocycles. The standard InChI is InChI=1S/C57H40N2O/c1-37-19-32-52(47-28-25-43-24-27-45(34-49(43)35-47)39-13-6-3-7-14-39)58-57(59-56(37)48-29-26-40-15-8-9-16-44(40)33-48)51-17-10-18-53-55(51)50-31-30-46(36-54(50)60-53)42-22-20-41(21-23-42)38-11-4-2-5-12-38/h2-18,20-31,33-36H,19,32H2,1H3/b56-37+,58-52?,59-57?. The predicted octanol–water partition coefficient (Wildman–Crippen LogP) is 15.4. The third-order valence-corrected chi connectivity index (χ3v) is 12.0. The third kappa shape index (κ3) is 6.60. The molecule has 1 aromatic heterocycles. The molecule has 0 unspecified atom stereocenters. The number of hydrogen-bond donors (Lipinski definition) is 0. The summed E-state index contributed by atoms with van der Waals surface area (Å²) in [5.74, 6) is 0.680. The second-order valence-corrected chi connectivity index (χ2v) is 15.8. The summed E-state index contributed by atoms with van der Waals surface area (Å²) in [6, 6.07) is 71.3. The summed E-state index contributed by atoms with van der Waals surface area (Å²) in [5, 5.41) is 6.85. The van der Waals surface area contributed by atoms with Crippen LogP contribution >= 0.6 is 0 Å². The molecule has 0 saturated carbocycles. The van der Waals surface area contributed by atoms with Gasteiger partial charge in [0.25, 0.3) is 0 Å². The zero-order chi connectivity index (χ0) is 40.0. The number of hydrogen-bond acceptors (Lipinski definition) is 3. The summed E-state index contributed by atoms with van der Waals surface area (Å²) in [6.07, 6.45) is 1.62. The maximum absolute atomic E-state index is 6.67. The van der Waals surface area contributed by atoms with Gasteiger partial charge in [0, 0.05) is 21.9 Å². The highest BCUT2D eigenvalue weighted by Gasteiger charge is 2.21. The van der Waals surface area contributed by atoms with Crippen molar-refractivity contribution in [3.05, 3.63) is 222 Å². The SMILES string of the molecule is C/C1=C(/c2ccc3ccccc3c2)N=C(c2cccc3oc4cc(-c5ccc(-c6ccccc6)cc5)ccc4c23)N=C(c2ccc3ccc(-c4ccccc4)cc3c2)CC1. The Kier molecular flexibility index (Phi) is 8.86. The van der Waals surface area contributed by atoms with Crippen molar-refractivity contribution in [3.63, 3.8) is 0 Å². The molecule has 0 amide bonds. The molecule has 1 aliphatic rings. The van der Waals surface area contributed by atoms with E-state index in [1.807, 2.05) is 0 Å². The van der Waals surface area contributed by atoms with Gasteiger partial charge >= 0.3 is 0 Å². The lowest BCUT2D eigenvalue weighted by atomic mass is 9.94. The number of benzene rings is 9. The maximum atomic E-state index is 6.67. The minimum absolute atomic E-state index is 0.680. The molecule has 2 heterocycles. The molecule has 1 aliphatic heterocycles. The third-order valence-electron chi connectivity index (χ3n) is 12.0. The summed E-state index contributed by atoms with van der Waals surface area (Å²) < 4.78 is 6.67. The Labute approximate surface area is 349 Å². The molecule has 11 rings (SSSR count). The van der Waals surface area contributed by atoms with Gasteiger partial charge in [-0.15, -0.1) is 0 Å². The first kappa shape index (κ1) is 35.5. The fourth-order valence-electron chi connectivity index (χ4n) is 8.73. The molecule has 60 heavy (non-hydrogen) atoms. The van der Waals surface area contributed by atoms with Gasteiger partial charge in [0.15, 0.2) is 5.84 Å². The van der Waals surface area contributed by atoms with Crippen molar-refractivity contribution in [3.8, 4) is 33.4 Å². The highest BCUT2D eigenvalue weighted by Crippen LogP contribution is 2.37. The maximum Gasteiger partial charge on any atom is 0.160 e. The average molecular weight is 769 g/mol. The van der Waals surface area contributed by atoms with Crippen LogP contribution in [0.15, 0.2) is 220 Å². The summed E-state index contributed by atoms with van der Waals surface area (Å²) in [6.45, 7) is 2.23. The molecular weight excluding hydrogens is 729 g/mol. The normalized spacial score (nSPS) is 14.6. The summed E-state index contributed by atoms with van der Waals surface area (Å²) in [4.78, 5) is 11.1. The Hall–Kier alpha value is -7.62. The molecule has 0 fully saturated rings. The molecule has 10 aromatic rings. The highest BCUT2D eigenvalue weighted by molar-refractivity contribution is 6.23. The smallest absolute Gasteiger partial charge is 0.160 e. The van der Waals surface area contributed by atoms with Crippen molar-refractivity contribution in [1.82, 2.24) is 0 Å². The van der Waals surface area contributed by atoms with E-state index in [0.29, 0.717) is 5.84 Å². The van der Waals surface area contributed by atoms with Crippen LogP contribution in [0.3, 0.4) is 0 Å². The minimum Gasteiger partial charge on any atom is -0.456 e. The fraction of sp³-hybridized carbons (Fsp3) is 0.0526. The molecular formula is C57H40N2O. The largest absolute Gasteiger partial charge is 0.456 e. The van der Waals surface area contributed by atoms with Gasteiger partial charge < -0.3 is 4.42 Å². The van der Waals surface area contributed by atoms with Gasteiger partial charge in [-0.05, 0) is 122 Å². The number of rotatable bonds is 6. The van der Waals surface area contributed by atoms with Crippen molar-refractivity contribution >= 4 is 60.7 Å². The van der Waals surface area contributed by atoms with E-state index in [1.165, 1.54) is 49.4 Å². The molecule has 0 spiro atoms. The monoisotopic (exact) mass is 768 g/mol. The van der Waals surface area contributed by atoms with Crippen molar-refractivity contribution in [2.75, 3.05) is 0 Å². The topological polar surface area (TPSA) is 37.9 Å². The average Bonchev–Trinajstić information content (AvgIpc) is 3.69. The molecule has 3 nitrogen and oxygen atoms in total. The lowest BCUT2D eigenvalue weighted by molar-refractivity contribution is 0.669. The van der Waals surface area contributed by atoms with E-state index in [9.17, 15) is 0 Å². The van der Waals surface area contributed by atoms with Crippen LogP contribution in [0.2, 0.25) is 0 Å². The molecule has 9 aromatic carbocycles. The molecule has 0 bridgehead atoms. The van der Waals surface area contributed by atoms with E-state index in [2.05, 4.69) is 207 Å². The van der Waals surface area contributed by atoms with Gasteiger partial charge in [0.2, 0.25) is 0 Å². The Bertz CT molecular complexity index is 3350. The molecule has 0 atom stereocenters. The number of allylic oxidation sites excluding steroid dienone is 1. The molecule has 284 valence electrons. The lowest BCUT2D eigenvalue weighted by Crippen LogP contribution is -2.11. The van der Waals surface area contributed by atoms with Gasteiger partial charge in [0.05, 0.1) is 11.4 Å². The van der Waals surface area contributed by atoms with E-state index < -0.39 is 0 Å². The zero-order valence-electron chi connectivity index (χ0n) is 33.3. The number of amidine groups is 1. The van der Waals surface area contributed by atoms with Crippen molar-refractivity contribution < 1.29 is 4.42 Å². The van der Waals surface area contributed by atoms with E-state index in [1.54, 1.807) is 0 Å². The Balaban J connectivity index is 1.05. The first-order valence-electron chi connectivity index (χ1n) is 20.7. The molecule has 0 radical (unpaired) electrons. The van der Waals surface area contributed by atoms with Crippen LogP contribution in [-0.2, 0) is 0 Å². The quantitative estimate of drug-likeness (QED) is 0.166. The van der Waals surface area contributed by atoms with Crippen molar-refractivity contribution in [2.45, 2.75) is 19.8 Å². The second-order valence-electron chi connectivity index (χ2n) is 15.8. The van der Waals surface area contributed by atoms with E-state index >= 15 is 0 Å². The first-order valence-corrected chi connectivity index (χ1v) is 20.7. The summed E-state index contributed by atoms with van der Waals surface area (Å²) in [7, 11) is 0. The van der Waals surface area contributed by atoms with Gasteiger partial charge in [-0.1, -0.05) is 164 Å². The zero-order valence-corrected chi connectivity index (χ0v) is 33.3. The Morgan fingerprint density at radius 1 is 0.383 bits per heavy atom. The Morgan fingerprint density at radius 2 is 0.933 bits per heavy atom.